The smallest absolute Gasteiger partial charge is 0.342 e. The van der Waals surface area contributed by atoms with Crippen LogP contribution in [0.15, 0.2) is 11.6 Å². The molecule has 0 aromatic heterocycles. The molecule has 0 atom stereocenters. The average Bonchev–Trinajstić information content (AvgIpc) is 3.09. The minimum Gasteiger partial charge on any atom is -0.496 e. The highest BCUT2D eigenvalue weighted by molar-refractivity contribution is 6.00. The van der Waals surface area contributed by atoms with Crippen molar-refractivity contribution in [3.63, 3.8) is 0 Å². The maximum absolute atomic E-state index is 12.4. The van der Waals surface area contributed by atoms with Crippen LogP contribution >= 0.6 is 0 Å². The van der Waals surface area contributed by atoms with Crippen LogP contribution in [-0.4, -0.2) is 42.7 Å². The fourth-order valence-electron chi connectivity index (χ4n) is 3.28. The lowest BCUT2D eigenvalue weighted by Crippen LogP contribution is -2.18. The standard InChI is InChI=1S/C22H26O9/c1-5-29-17(25)10-18(26)31-21-14(8-6-12(2)7-9-16(23)24)20(28-4)13(3)15-11-30-22(27)19(15)21/h6H,5,7-11H2,1-4H3,(H,23,24). The van der Waals surface area contributed by atoms with Gasteiger partial charge in [-0.25, -0.2) is 4.79 Å². The highest BCUT2D eigenvalue weighted by Gasteiger charge is 2.34. The molecule has 0 saturated heterocycles. The second-order valence-electron chi connectivity index (χ2n) is 7.00. The van der Waals surface area contributed by atoms with Crippen molar-refractivity contribution in [2.45, 2.75) is 53.1 Å². The minimum absolute atomic E-state index is 0.0171. The van der Waals surface area contributed by atoms with Crippen LogP contribution in [0.25, 0.3) is 0 Å². The number of carbonyl (C=O) groups is 4. The molecule has 0 radical (unpaired) electrons. The summed E-state index contributed by atoms with van der Waals surface area (Å²) in [4.78, 5) is 47.2. The minimum atomic E-state index is -0.907. The van der Waals surface area contributed by atoms with Crippen LogP contribution in [0.3, 0.4) is 0 Å². The molecule has 1 aromatic rings. The molecule has 0 fully saturated rings. The highest BCUT2D eigenvalue weighted by Crippen LogP contribution is 2.43. The molecule has 1 aromatic carbocycles. The van der Waals surface area contributed by atoms with E-state index in [1.54, 1.807) is 26.8 Å². The third-order valence-corrected chi connectivity index (χ3v) is 4.82. The van der Waals surface area contributed by atoms with E-state index in [0.717, 1.165) is 5.57 Å². The zero-order chi connectivity index (χ0) is 23.1. The second-order valence-corrected chi connectivity index (χ2v) is 7.00. The zero-order valence-electron chi connectivity index (χ0n) is 18.0. The first-order valence-electron chi connectivity index (χ1n) is 9.82. The number of aliphatic carboxylic acids is 1. The molecule has 0 spiro atoms. The average molecular weight is 434 g/mol. The van der Waals surface area contributed by atoms with E-state index in [0.29, 0.717) is 28.9 Å². The molecule has 2 rings (SSSR count). The lowest BCUT2D eigenvalue weighted by molar-refractivity contribution is -0.149. The molecule has 9 nitrogen and oxygen atoms in total. The molecule has 1 heterocycles. The fourth-order valence-corrected chi connectivity index (χ4v) is 3.28. The van der Waals surface area contributed by atoms with Gasteiger partial charge in [0, 0.05) is 17.5 Å². The van der Waals surface area contributed by atoms with E-state index in [1.807, 2.05) is 0 Å². The van der Waals surface area contributed by atoms with E-state index in [4.69, 9.17) is 24.1 Å². The van der Waals surface area contributed by atoms with Crippen molar-refractivity contribution in [2.75, 3.05) is 13.7 Å². The Morgan fingerprint density at radius 3 is 2.48 bits per heavy atom. The maximum atomic E-state index is 12.4. The molecule has 0 unspecified atom stereocenters. The van der Waals surface area contributed by atoms with Crippen LogP contribution in [0.4, 0.5) is 0 Å². The van der Waals surface area contributed by atoms with Gasteiger partial charge < -0.3 is 24.1 Å². The largest absolute Gasteiger partial charge is 0.496 e. The third kappa shape index (κ3) is 5.84. The number of hydrogen-bond donors (Lipinski definition) is 1. The molecule has 0 aliphatic carbocycles. The van der Waals surface area contributed by atoms with Crippen molar-refractivity contribution < 1.29 is 43.2 Å². The highest BCUT2D eigenvalue weighted by atomic mass is 16.6. The number of rotatable bonds is 10. The summed E-state index contributed by atoms with van der Waals surface area (Å²) in [7, 11) is 1.46. The number of carboxylic acids is 1. The van der Waals surface area contributed by atoms with Crippen molar-refractivity contribution in [3.05, 3.63) is 33.9 Å². The third-order valence-electron chi connectivity index (χ3n) is 4.82. The van der Waals surface area contributed by atoms with Gasteiger partial charge in [0.05, 0.1) is 13.7 Å². The number of fused-ring (bicyclic) bond motifs is 1. The molecular weight excluding hydrogens is 408 g/mol. The summed E-state index contributed by atoms with van der Waals surface area (Å²) in [6.07, 6.45) is 1.73. The molecule has 0 bridgehead atoms. The zero-order valence-corrected chi connectivity index (χ0v) is 18.0. The first-order chi connectivity index (χ1) is 14.7. The van der Waals surface area contributed by atoms with E-state index in [9.17, 15) is 19.2 Å². The lowest BCUT2D eigenvalue weighted by Gasteiger charge is -2.18. The van der Waals surface area contributed by atoms with Gasteiger partial charge in [-0.05, 0) is 39.2 Å². The summed E-state index contributed by atoms with van der Waals surface area (Å²) in [6.45, 7) is 5.32. The van der Waals surface area contributed by atoms with Crippen molar-refractivity contribution in [1.82, 2.24) is 0 Å². The predicted molar refractivity (Wildman–Crippen MR) is 108 cm³/mol. The van der Waals surface area contributed by atoms with Gasteiger partial charge in [-0.2, -0.15) is 0 Å². The van der Waals surface area contributed by atoms with Crippen molar-refractivity contribution in [3.8, 4) is 11.5 Å². The molecule has 168 valence electrons. The monoisotopic (exact) mass is 434 g/mol. The number of carbonyl (C=O) groups excluding carboxylic acids is 3. The molecular formula is C22H26O9. The van der Waals surface area contributed by atoms with Crippen LogP contribution in [0, 0.1) is 6.92 Å². The van der Waals surface area contributed by atoms with Crippen LogP contribution in [0.2, 0.25) is 0 Å². The molecule has 9 heteroatoms. The van der Waals surface area contributed by atoms with Gasteiger partial charge in [-0.15, -0.1) is 0 Å². The first-order valence-corrected chi connectivity index (χ1v) is 9.82. The Labute approximate surface area is 179 Å². The summed E-state index contributed by atoms with van der Waals surface area (Å²) in [6, 6.07) is 0. The molecule has 0 saturated carbocycles. The second kappa shape index (κ2) is 10.6. The number of carboxylic acid groups (broad SMARTS) is 1. The number of esters is 3. The Bertz CT molecular complexity index is 928. The van der Waals surface area contributed by atoms with Gasteiger partial charge in [0.25, 0.3) is 0 Å². The van der Waals surface area contributed by atoms with Gasteiger partial charge in [0.15, 0.2) is 5.75 Å². The first kappa shape index (κ1) is 23.9. The summed E-state index contributed by atoms with van der Waals surface area (Å²) < 4.78 is 20.9. The van der Waals surface area contributed by atoms with Crippen LogP contribution in [0.5, 0.6) is 11.5 Å². The van der Waals surface area contributed by atoms with Crippen LogP contribution in [0.1, 0.15) is 60.2 Å². The van der Waals surface area contributed by atoms with Crippen molar-refractivity contribution in [2.24, 2.45) is 0 Å². The normalized spacial score (nSPS) is 12.8. The maximum Gasteiger partial charge on any atom is 0.342 e. The Morgan fingerprint density at radius 1 is 1.16 bits per heavy atom. The molecule has 31 heavy (non-hydrogen) atoms. The number of benzene rings is 1. The number of ether oxygens (including phenoxy) is 4. The summed E-state index contributed by atoms with van der Waals surface area (Å²) in [5.41, 5.74) is 2.61. The summed E-state index contributed by atoms with van der Waals surface area (Å²) in [5.74, 6) is -2.74. The van der Waals surface area contributed by atoms with Gasteiger partial charge in [0.2, 0.25) is 0 Å². The number of cyclic esters (lactones) is 1. The number of allylic oxidation sites excluding steroid dienone is 2. The molecule has 0 amide bonds. The van der Waals surface area contributed by atoms with Crippen molar-refractivity contribution in [1.29, 1.82) is 0 Å². The SMILES string of the molecule is CCOC(=O)CC(=O)Oc1c(CC=C(C)CCC(=O)O)c(OC)c(C)c2c1C(=O)OC2. The Morgan fingerprint density at radius 2 is 1.87 bits per heavy atom. The van der Waals surface area contributed by atoms with E-state index >= 15 is 0 Å². The van der Waals surface area contributed by atoms with Crippen LogP contribution in [-0.2, 0) is 36.9 Å². The summed E-state index contributed by atoms with van der Waals surface area (Å²) in [5, 5.41) is 8.86. The topological polar surface area (TPSA) is 125 Å². The van der Waals surface area contributed by atoms with E-state index < -0.39 is 30.3 Å². The van der Waals surface area contributed by atoms with Gasteiger partial charge in [-0.3, -0.25) is 14.4 Å². The van der Waals surface area contributed by atoms with E-state index in [-0.39, 0.29) is 37.4 Å². The van der Waals surface area contributed by atoms with E-state index in [2.05, 4.69) is 0 Å². The molecule has 1 aliphatic rings. The fraction of sp³-hybridized carbons (Fsp3) is 0.455. The Balaban J connectivity index is 2.47. The van der Waals surface area contributed by atoms with E-state index in [1.165, 1.54) is 7.11 Å². The Kier molecular flexibility index (Phi) is 8.18. The van der Waals surface area contributed by atoms with Crippen molar-refractivity contribution >= 4 is 23.9 Å². The number of hydrogen-bond acceptors (Lipinski definition) is 8. The lowest BCUT2D eigenvalue weighted by atomic mass is 9.94. The quantitative estimate of drug-likeness (QED) is 0.256. The Hall–Kier alpha value is -3.36. The molecule has 1 N–H and O–H groups in total. The predicted octanol–water partition coefficient (Wildman–Crippen LogP) is 2.89. The van der Waals surface area contributed by atoms with Gasteiger partial charge >= 0.3 is 23.9 Å². The number of methoxy groups -OCH3 is 1. The van der Waals surface area contributed by atoms with Gasteiger partial charge in [0.1, 0.15) is 24.3 Å². The molecule has 1 aliphatic heterocycles. The summed E-state index contributed by atoms with van der Waals surface area (Å²) >= 11 is 0. The van der Waals surface area contributed by atoms with Gasteiger partial charge in [-0.1, -0.05) is 11.6 Å². The van der Waals surface area contributed by atoms with Crippen LogP contribution < -0.4 is 9.47 Å².